The molecule has 4 rings (SSSR count). The van der Waals surface area contributed by atoms with E-state index in [0.29, 0.717) is 5.56 Å². The summed E-state index contributed by atoms with van der Waals surface area (Å²) >= 11 is 3.68. The number of fused-ring (bicyclic) bond motifs is 2. The van der Waals surface area contributed by atoms with Gasteiger partial charge in [-0.15, -0.1) is 11.8 Å². The summed E-state index contributed by atoms with van der Waals surface area (Å²) in [5.41, 5.74) is 4.17. The molecule has 0 fully saturated rings. The van der Waals surface area contributed by atoms with Crippen molar-refractivity contribution in [3.63, 3.8) is 0 Å². The fraction of sp³-hybridized carbons (Fsp3) is 0.174. The van der Waals surface area contributed by atoms with Crippen LogP contribution in [0.3, 0.4) is 0 Å². The monoisotopic (exact) mass is 407 g/mol. The minimum absolute atomic E-state index is 0.308. The molecule has 0 amide bonds. The second-order valence-electron chi connectivity index (χ2n) is 6.41. The highest BCUT2D eigenvalue weighted by Crippen LogP contribution is 2.49. The van der Waals surface area contributed by atoms with Crippen LogP contribution in [0, 0.1) is 0 Å². The predicted octanol–water partition coefficient (Wildman–Crippen LogP) is 6.39. The zero-order valence-corrected chi connectivity index (χ0v) is 17.5. The number of benzene rings is 3. The molecule has 0 saturated heterocycles. The zero-order chi connectivity index (χ0) is 19.5. The van der Waals surface area contributed by atoms with Gasteiger partial charge in [-0.1, -0.05) is 43.0 Å². The van der Waals surface area contributed by atoms with E-state index in [9.17, 15) is 4.79 Å². The molecule has 0 saturated carbocycles. The van der Waals surface area contributed by atoms with Crippen LogP contribution in [0.5, 0.6) is 0 Å². The van der Waals surface area contributed by atoms with Crippen molar-refractivity contribution in [2.45, 2.75) is 28.2 Å². The van der Waals surface area contributed by atoms with Gasteiger partial charge in [0.1, 0.15) is 0 Å². The van der Waals surface area contributed by atoms with Crippen molar-refractivity contribution in [2.24, 2.45) is 0 Å². The highest BCUT2D eigenvalue weighted by molar-refractivity contribution is 8.00. The number of rotatable bonds is 5. The summed E-state index contributed by atoms with van der Waals surface area (Å²) in [6.07, 6.45) is 0. The second-order valence-corrected chi connectivity index (χ2v) is 8.83. The van der Waals surface area contributed by atoms with Crippen molar-refractivity contribution in [3.05, 3.63) is 77.9 Å². The Morgan fingerprint density at radius 2 is 1.75 bits per heavy atom. The van der Waals surface area contributed by atoms with Gasteiger partial charge < -0.3 is 9.64 Å². The molecule has 1 aliphatic rings. The van der Waals surface area contributed by atoms with E-state index in [1.165, 1.54) is 33.2 Å². The number of thioether (sulfide) groups is 1. The fourth-order valence-corrected chi connectivity index (χ4v) is 5.05. The number of carbonyl (C=O) groups excluding carboxylic acids is 1. The molecule has 0 unspecified atom stereocenters. The van der Waals surface area contributed by atoms with Crippen LogP contribution in [0.4, 0.5) is 11.4 Å². The number of anilines is 2. The number of esters is 1. The van der Waals surface area contributed by atoms with Gasteiger partial charge in [0.05, 0.1) is 24.0 Å². The summed E-state index contributed by atoms with van der Waals surface area (Å²) in [6.45, 7) is 2.92. The third kappa shape index (κ3) is 3.77. The summed E-state index contributed by atoms with van der Waals surface area (Å²) in [4.78, 5) is 17.9. The quantitative estimate of drug-likeness (QED) is 0.361. The van der Waals surface area contributed by atoms with Crippen molar-refractivity contribution >= 4 is 40.9 Å². The SMILES string of the molecule is CCSc1ccc2c(c1)N(Cc1ccc(C(=O)OC)cc1)c1ccccc1S2. The van der Waals surface area contributed by atoms with Gasteiger partial charge in [-0.2, -0.15) is 0 Å². The molecule has 0 atom stereocenters. The number of carbonyl (C=O) groups is 1. The molecule has 3 aromatic rings. The van der Waals surface area contributed by atoms with E-state index >= 15 is 0 Å². The zero-order valence-electron chi connectivity index (χ0n) is 15.8. The summed E-state index contributed by atoms with van der Waals surface area (Å²) in [6, 6.07) is 22.9. The van der Waals surface area contributed by atoms with E-state index < -0.39 is 0 Å². The number of nitrogens with zero attached hydrogens (tertiary/aromatic N) is 1. The number of para-hydroxylation sites is 1. The Bertz CT molecular complexity index is 1000. The molecule has 0 spiro atoms. The van der Waals surface area contributed by atoms with E-state index in [1.54, 1.807) is 0 Å². The van der Waals surface area contributed by atoms with Gasteiger partial charge in [0.2, 0.25) is 0 Å². The minimum atomic E-state index is -0.308. The highest BCUT2D eigenvalue weighted by Gasteiger charge is 2.23. The van der Waals surface area contributed by atoms with Gasteiger partial charge in [-0.25, -0.2) is 4.79 Å². The van der Waals surface area contributed by atoms with Crippen LogP contribution in [0.25, 0.3) is 0 Å². The highest BCUT2D eigenvalue weighted by atomic mass is 32.2. The maximum Gasteiger partial charge on any atom is 0.337 e. The lowest BCUT2D eigenvalue weighted by molar-refractivity contribution is 0.0600. The van der Waals surface area contributed by atoms with Crippen molar-refractivity contribution in [2.75, 3.05) is 17.8 Å². The second kappa shape index (κ2) is 8.33. The lowest BCUT2D eigenvalue weighted by Gasteiger charge is -2.33. The van der Waals surface area contributed by atoms with Crippen molar-refractivity contribution < 1.29 is 9.53 Å². The Kier molecular flexibility index (Phi) is 5.64. The van der Waals surface area contributed by atoms with E-state index in [0.717, 1.165) is 17.9 Å². The predicted molar refractivity (Wildman–Crippen MR) is 117 cm³/mol. The first-order chi connectivity index (χ1) is 13.7. The first kappa shape index (κ1) is 19.0. The van der Waals surface area contributed by atoms with Gasteiger partial charge in [-0.05, 0) is 53.8 Å². The van der Waals surface area contributed by atoms with Crippen LogP contribution in [-0.4, -0.2) is 18.8 Å². The number of methoxy groups -OCH3 is 1. The Hall–Kier alpha value is -2.37. The average molecular weight is 408 g/mol. The number of hydrogen-bond donors (Lipinski definition) is 0. The van der Waals surface area contributed by atoms with Crippen LogP contribution < -0.4 is 4.90 Å². The molecule has 3 nitrogen and oxygen atoms in total. The largest absolute Gasteiger partial charge is 0.465 e. The smallest absolute Gasteiger partial charge is 0.337 e. The molecular formula is C23H21NO2S2. The molecule has 1 aliphatic heterocycles. The standard InChI is InChI=1S/C23H21NO2S2/c1-3-27-18-12-13-22-20(14-18)24(19-6-4-5-7-21(19)28-22)15-16-8-10-17(11-9-16)23(25)26-2/h4-14H,3,15H2,1-2H3. The number of hydrogen-bond acceptors (Lipinski definition) is 5. The topological polar surface area (TPSA) is 29.5 Å². The van der Waals surface area contributed by atoms with Crippen molar-refractivity contribution in [3.8, 4) is 0 Å². The first-order valence-corrected chi connectivity index (χ1v) is 11.0. The maximum atomic E-state index is 11.7. The molecular weight excluding hydrogens is 386 g/mol. The van der Waals surface area contributed by atoms with Crippen LogP contribution in [0.1, 0.15) is 22.8 Å². The lowest BCUT2D eigenvalue weighted by Crippen LogP contribution is -2.20. The molecule has 0 aromatic heterocycles. The van der Waals surface area contributed by atoms with E-state index in [1.807, 2.05) is 47.8 Å². The van der Waals surface area contributed by atoms with Crippen LogP contribution in [0.15, 0.2) is 81.4 Å². The van der Waals surface area contributed by atoms with Crippen molar-refractivity contribution in [1.82, 2.24) is 0 Å². The average Bonchev–Trinajstić information content (AvgIpc) is 2.74. The normalized spacial score (nSPS) is 12.3. The van der Waals surface area contributed by atoms with Crippen LogP contribution in [-0.2, 0) is 11.3 Å². The van der Waals surface area contributed by atoms with Crippen LogP contribution >= 0.6 is 23.5 Å². The minimum Gasteiger partial charge on any atom is -0.465 e. The molecule has 3 aromatic carbocycles. The number of ether oxygens (including phenoxy) is 1. The van der Waals surface area contributed by atoms with Crippen molar-refractivity contribution in [1.29, 1.82) is 0 Å². The first-order valence-electron chi connectivity index (χ1n) is 9.18. The molecule has 0 bridgehead atoms. The third-order valence-corrected chi connectivity index (χ3v) is 6.63. The van der Waals surface area contributed by atoms with E-state index in [-0.39, 0.29) is 5.97 Å². The van der Waals surface area contributed by atoms with Gasteiger partial charge in [-0.3, -0.25) is 0 Å². The molecule has 0 N–H and O–H groups in total. The van der Waals surface area contributed by atoms with E-state index in [4.69, 9.17) is 4.74 Å². The lowest BCUT2D eigenvalue weighted by atomic mass is 10.1. The molecule has 5 heteroatoms. The van der Waals surface area contributed by atoms with Gasteiger partial charge >= 0.3 is 5.97 Å². The Balaban J connectivity index is 1.71. The van der Waals surface area contributed by atoms with Crippen LogP contribution in [0.2, 0.25) is 0 Å². The van der Waals surface area contributed by atoms with Gasteiger partial charge in [0, 0.05) is 21.2 Å². The molecule has 142 valence electrons. The molecule has 1 heterocycles. The molecule has 0 aliphatic carbocycles. The fourth-order valence-electron chi connectivity index (χ4n) is 3.28. The maximum absolute atomic E-state index is 11.7. The van der Waals surface area contributed by atoms with Gasteiger partial charge in [0.25, 0.3) is 0 Å². The Morgan fingerprint density at radius 3 is 2.50 bits per heavy atom. The third-order valence-electron chi connectivity index (χ3n) is 4.62. The summed E-state index contributed by atoms with van der Waals surface area (Å²) in [7, 11) is 1.40. The molecule has 0 radical (unpaired) electrons. The summed E-state index contributed by atoms with van der Waals surface area (Å²) in [5, 5.41) is 0. The summed E-state index contributed by atoms with van der Waals surface area (Å²) < 4.78 is 4.80. The Labute approximate surface area is 174 Å². The molecule has 28 heavy (non-hydrogen) atoms. The van der Waals surface area contributed by atoms with E-state index in [2.05, 4.69) is 54.3 Å². The Morgan fingerprint density at radius 1 is 1.00 bits per heavy atom. The summed E-state index contributed by atoms with van der Waals surface area (Å²) in [5.74, 6) is 0.746. The van der Waals surface area contributed by atoms with Gasteiger partial charge in [0.15, 0.2) is 0 Å².